The molecule has 0 saturated heterocycles. The largest absolute Gasteiger partial charge is 0.383 e. The molecule has 82 valence electrons. The molecule has 1 heterocycles. The molecule has 0 unspecified atom stereocenters. The Balaban J connectivity index is 2.02. The molecule has 3 nitrogen and oxygen atoms in total. The molecule has 0 fully saturated rings. The Kier molecular flexibility index (Phi) is 3.69. The first-order valence-corrected chi connectivity index (χ1v) is 5.58. The highest BCUT2D eigenvalue weighted by molar-refractivity contribution is 5.25. The molecule has 1 atom stereocenters. The summed E-state index contributed by atoms with van der Waals surface area (Å²) in [5, 5.41) is 3.49. The fraction of sp³-hybridized carbons (Fsp3) is 0.583. The van der Waals surface area contributed by atoms with Gasteiger partial charge in [-0.1, -0.05) is 6.07 Å². The molecule has 0 aromatic carbocycles. The molecule has 2 rings (SSSR count). The van der Waals surface area contributed by atoms with Gasteiger partial charge in [-0.2, -0.15) is 0 Å². The molecule has 1 aromatic rings. The Morgan fingerprint density at radius 1 is 1.60 bits per heavy atom. The van der Waals surface area contributed by atoms with Crippen LogP contribution in [-0.4, -0.2) is 25.2 Å². The summed E-state index contributed by atoms with van der Waals surface area (Å²) in [5.41, 5.74) is 2.64. The van der Waals surface area contributed by atoms with Crippen molar-refractivity contribution in [3.8, 4) is 0 Å². The summed E-state index contributed by atoms with van der Waals surface area (Å²) in [6.07, 6.45) is 5.50. The minimum absolute atomic E-state index is 0.421. The van der Waals surface area contributed by atoms with Gasteiger partial charge in [-0.15, -0.1) is 0 Å². The second-order valence-electron chi connectivity index (χ2n) is 3.94. The number of ether oxygens (including phenoxy) is 1. The van der Waals surface area contributed by atoms with Crippen molar-refractivity contribution in [2.45, 2.75) is 25.3 Å². The maximum absolute atomic E-state index is 5.04. The van der Waals surface area contributed by atoms with Gasteiger partial charge in [0.05, 0.1) is 12.3 Å². The van der Waals surface area contributed by atoms with Crippen LogP contribution in [0.1, 0.15) is 30.1 Å². The molecule has 0 spiro atoms. The summed E-state index contributed by atoms with van der Waals surface area (Å²) in [5.74, 6) is 0. The highest BCUT2D eigenvalue weighted by atomic mass is 16.5. The molecule has 1 aliphatic carbocycles. The molecule has 15 heavy (non-hydrogen) atoms. The molecule has 1 aliphatic rings. The Hall–Kier alpha value is -0.930. The summed E-state index contributed by atoms with van der Waals surface area (Å²) in [4.78, 5) is 4.48. The molecule has 0 radical (unpaired) electrons. The lowest BCUT2D eigenvalue weighted by Gasteiger charge is -2.25. The van der Waals surface area contributed by atoms with Gasteiger partial charge >= 0.3 is 0 Å². The second kappa shape index (κ2) is 5.24. The number of pyridine rings is 1. The highest BCUT2D eigenvalue weighted by Crippen LogP contribution is 2.27. The van der Waals surface area contributed by atoms with Crippen molar-refractivity contribution in [1.82, 2.24) is 10.3 Å². The van der Waals surface area contributed by atoms with Crippen LogP contribution in [0.3, 0.4) is 0 Å². The van der Waals surface area contributed by atoms with Crippen LogP contribution in [0.2, 0.25) is 0 Å². The molecule has 3 heteroatoms. The Morgan fingerprint density at radius 3 is 3.40 bits per heavy atom. The van der Waals surface area contributed by atoms with E-state index in [1.165, 1.54) is 30.5 Å². The zero-order valence-electron chi connectivity index (χ0n) is 9.20. The van der Waals surface area contributed by atoms with Gasteiger partial charge in [0.25, 0.3) is 0 Å². The van der Waals surface area contributed by atoms with Gasteiger partial charge in [0.1, 0.15) is 0 Å². The van der Waals surface area contributed by atoms with E-state index in [1.54, 1.807) is 7.11 Å². The quantitative estimate of drug-likeness (QED) is 0.761. The summed E-state index contributed by atoms with van der Waals surface area (Å²) in [7, 11) is 1.73. The lowest BCUT2D eigenvalue weighted by molar-refractivity contribution is 0.194. The monoisotopic (exact) mass is 206 g/mol. The normalized spacial score (nSPS) is 19.9. The van der Waals surface area contributed by atoms with E-state index in [0.717, 1.165) is 13.2 Å². The van der Waals surface area contributed by atoms with Gasteiger partial charge < -0.3 is 10.1 Å². The van der Waals surface area contributed by atoms with E-state index in [-0.39, 0.29) is 0 Å². The average molecular weight is 206 g/mol. The van der Waals surface area contributed by atoms with E-state index < -0.39 is 0 Å². The summed E-state index contributed by atoms with van der Waals surface area (Å²) in [6, 6.07) is 4.63. The van der Waals surface area contributed by atoms with Crippen LogP contribution in [0.5, 0.6) is 0 Å². The zero-order chi connectivity index (χ0) is 10.5. The molecular weight excluding hydrogens is 188 g/mol. The van der Waals surface area contributed by atoms with Crippen molar-refractivity contribution in [2.75, 3.05) is 20.3 Å². The smallest absolute Gasteiger partial charge is 0.0605 e. The first kappa shape index (κ1) is 10.6. The fourth-order valence-electron chi connectivity index (χ4n) is 2.14. The third-order valence-electron chi connectivity index (χ3n) is 2.89. The summed E-state index contributed by atoms with van der Waals surface area (Å²) >= 11 is 0. The number of hydrogen-bond acceptors (Lipinski definition) is 3. The fourth-order valence-corrected chi connectivity index (χ4v) is 2.14. The van der Waals surface area contributed by atoms with E-state index >= 15 is 0 Å². The number of nitrogens with one attached hydrogen (secondary N) is 1. The van der Waals surface area contributed by atoms with E-state index in [4.69, 9.17) is 4.74 Å². The lowest BCUT2D eigenvalue weighted by Crippen LogP contribution is -2.28. The zero-order valence-corrected chi connectivity index (χ0v) is 9.20. The van der Waals surface area contributed by atoms with Crippen LogP contribution in [0.4, 0.5) is 0 Å². The first-order chi connectivity index (χ1) is 7.42. The van der Waals surface area contributed by atoms with Crippen LogP contribution in [0.25, 0.3) is 0 Å². The molecule has 1 aromatic heterocycles. The van der Waals surface area contributed by atoms with Crippen molar-refractivity contribution < 1.29 is 4.74 Å². The van der Waals surface area contributed by atoms with Crippen LogP contribution < -0.4 is 5.32 Å². The van der Waals surface area contributed by atoms with Gasteiger partial charge in [-0.05, 0) is 30.9 Å². The van der Waals surface area contributed by atoms with Crippen LogP contribution in [0.15, 0.2) is 18.3 Å². The first-order valence-electron chi connectivity index (χ1n) is 5.58. The van der Waals surface area contributed by atoms with Crippen molar-refractivity contribution in [1.29, 1.82) is 0 Å². The number of nitrogens with zero attached hydrogens (tertiary/aromatic N) is 1. The van der Waals surface area contributed by atoms with Gasteiger partial charge in [0.15, 0.2) is 0 Å². The Labute approximate surface area is 90.9 Å². The third-order valence-corrected chi connectivity index (χ3v) is 2.89. The molecule has 0 saturated carbocycles. The van der Waals surface area contributed by atoms with Gasteiger partial charge in [0, 0.05) is 25.9 Å². The maximum atomic E-state index is 5.04. The predicted molar refractivity (Wildman–Crippen MR) is 59.8 cm³/mol. The molecular formula is C12H18N2O. The molecule has 0 aliphatic heterocycles. The van der Waals surface area contributed by atoms with Gasteiger partial charge in [0.2, 0.25) is 0 Å². The van der Waals surface area contributed by atoms with Crippen molar-refractivity contribution in [3.05, 3.63) is 29.6 Å². The number of aromatic nitrogens is 1. The SMILES string of the molecule is COCCN[C@@H]1CCCc2cccnc21. The Bertz CT molecular complexity index is 314. The van der Waals surface area contributed by atoms with Crippen molar-refractivity contribution in [3.63, 3.8) is 0 Å². The minimum atomic E-state index is 0.421. The number of methoxy groups -OCH3 is 1. The predicted octanol–water partition coefficient (Wildman–Crippen LogP) is 1.69. The topological polar surface area (TPSA) is 34.1 Å². The van der Waals surface area contributed by atoms with Crippen LogP contribution >= 0.6 is 0 Å². The van der Waals surface area contributed by atoms with E-state index in [9.17, 15) is 0 Å². The van der Waals surface area contributed by atoms with E-state index in [0.29, 0.717) is 6.04 Å². The third kappa shape index (κ3) is 2.55. The number of fused-ring (bicyclic) bond motifs is 1. The van der Waals surface area contributed by atoms with Crippen LogP contribution in [-0.2, 0) is 11.2 Å². The highest BCUT2D eigenvalue weighted by Gasteiger charge is 2.19. The molecule has 0 amide bonds. The second-order valence-corrected chi connectivity index (χ2v) is 3.94. The Morgan fingerprint density at radius 2 is 2.53 bits per heavy atom. The van der Waals surface area contributed by atoms with E-state index in [1.807, 2.05) is 12.3 Å². The average Bonchev–Trinajstić information content (AvgIpc) is 2.30. The van der Waals surface area contributed by atoms with Crippen molar-refractivity contribution in [2.24, 2.45) is 0 Å². The molecule has 0 bridgehead atoms. The number of aryl methyl sites for hydroxylation is 1. The summed E-state index contributed by atoms with van der Waals surface area (Å²) < 4.78 is 5.04. The lowest BCUT2D eigenvalue weighted by atomic mass is 9.92. The van der Waals surface area contributed by atoms with Gasteiger partial charge in [-0.25, -0.2) is 0 Å². The maximum Gasteiger partial charge on any atom is 0.0605 e. The van der Waals surface area contributed by atoms with Crippen LogP contribution in [0, 0.1) is 0 Å². The van der Waals surface area contributed by atoms with Crippen molar-refractivity contribution >= 4 is 0 Å². The molecule has 1 N–H and O–H groups in total. The minimum Gasteiger partial charge on any atom is -0.383 e. The standard InChI is InChI=1S/C12H18N2O/c1-15-9-8-13-11-6-2-4-10-5-3-7-14-12(10)11/h3,5,7,11,13H,2,4,6,8-9H2,1H3/t11-/m1/s1. The number of hydrogen-bond donors (Lipinski definition) is 1. The van der Waals surface area contributed by atoms with Gasteiger partial charge in [-0.3, -0.25) is 4.98 Å². The summed E-state index contributed by atoms with van der Waals surface area (Å²) in [6.45, 7) is 1.66. The van der Waals surface area contributed by atoms with E-state index in [2.05, 4.69) is 16.4 Å². The number of rotatable bonds is 4.